The van der Waals surface area contributed by atoms with E-state index < -0.39 is 12.0 Å². The fourth-order valence-electron chi connectivity index (χ4n) is 2.30. The van der Waals surface area contributed by atoms with Crippen LogP contribution in [-0.4, -0.2) is 36.5 Å². The number of amides is 1. The van der Waals surface area contributed by atoms with Crippen molar-refractivity contribution in [3.05, 3.63) is 64.5 Å². The smallest absolute Gasteiger partial charge is 0.338 e. The molecular weight excluding hydrogens is 402 g/mol. The Labute approximate surface area is 157 Å². The second-order valence-corrected chi connectivity index (χ2v) is 6.62. The van der Waals surface area contributed by atoms with E-state index in [9.17, 15) is 9.59 Å². The minimum absolute atomic E-state index is 0.0309. The molecule has 0 fully saturated rings. The van der Waals surface area contributed by atoms with Crippen LogP contribution in [0.5, 0.6) is 0 Å². The molecule has 8 nitrogen and oxygen atoms in total. The Bertz CT molecular complexity index is 932. The van der Waals surface area contributed by atoms with Gasteiger partial charge in [-0.3, -0.25) is 14.2 Å². The first-order valence-corrected chi connectivity index (χ1v) is 8.58. The normalized spacial score (nSPS) is 11.9. The van der Waals surface area contributed by atoms with Crippen molar-refractivity contribution in [1.82, 2.24) is 19.6 Å². The van der Waals surface area contributed by atoms with Gasteiger partial charge in [-0.15, -0.1) is 0 Å². The van der Waals surface area contributed by atoms with Crippen LogP contribution in [0.1, 0.15) is 28.9 Å². The van der Waals surface area contributed by atoms with Crippen molar-refractivity contribution in [2.45, 2.75) is 19.5 Å². The van der Waals surface area contributed by atoms with E-state index in [1.54, 1.807) is 23.9 Å². The Hall–Kier alpha value is -2.94. The Balaban J connectivity index is 1.63. The predicted molar refractivity (Wildman–Crippen MR) is 98.0 cm³/mol. The number of carbonyl (C=O) groups is 2. The molecule has 2 N–H and O–H groups in total. The molecule has 2 aromatic heterocycles. The summed E-state index contributed by atoms with van der Waals surface area (Å²) in [6.07, 6.45) is 4.30. The van der Waals surface area contributed by atoms with Crippen LogP contribution in [0.15, 0.2) is 53.4 Å². The molecule has 0 aliphatic rings. The topological polar surface area (TPSA) is 102 Å². The van der Waals surface area contributed by atoms with Gasteiger partial charge < -0.3 is 10.4 Å². The van der Waals surface area contributed by atoms with Gasteiger partial charge >= 0.3 is 5.97 Å². The third kappa shape index (κ3) is 4.17. The van der Waals surface area contributed by atoms with Crippen molar-refractivity contribution >= 4 is 33.6 Å². The van der Waals surface area contributed by atoms with Gasteiger partial charge in [0.1, 0.15) is 6.04 Å². The Kier molecular flexibility index (Phi) is 5.17. The van der Waals surface area contributed by atoms with Crippen LogP contribution in [0.3, 0.4) is 0 Å². The molecule has 26 heavy (non-hydrogen) atoms. The van der Waals surface area contributed by atoms with Crippen molar-refractivity contribution < 1.29 is 14.7 Å². The number of carboxylic acids is 1. The molecule has 0 spiro atoms. The summed E-state index contributed by atoms with van der Waals surface area (Å²) in [5, 5.41) is 19.9. The van der Waals surface area contributed by atoms with Gasteiger partial charge in [0, 0.05) is 22.9 Å². The number of rotatable bonds is 6. The number of aromatic nitrogens is 4. The molecule has 0 bridgehead atoms. The van der Waals surface area contributed by atoms with Crippen LogP contribution in [0.25, 0.3) is 0 Å². The van der Waals surface area contributed by atoms with E-state index in [2.05, 4.69) is 31.4 Å². The van der Waals surface area contributed by atoms with Crippen molar-refractivity contribution in [2.24, 2.45) is 0 Å². The van der Waals surface area contributed by atoms with E-state index in [0.29, 0.717) is 12.4 Å². The van der Waals surface area contributed by atoms with Crippen molar-refractivity contribution in [2.75, 3.05) is 5.32 Å². The molecule has 0 aliphatic heterocycles. The zero-order valence-corrected chi connectivity index (χ0v) is 15.4. The average Bonchev–Trinajstić information content (AvgIpc) is 3.26. The lowest BCUT2D eigenvalue weighted by Gasteiger charge is -2.11. The van der Waals surface area contributed by atoms with Gasteiger partial charge in [0.25, 0.3) is 0 Å². The van der Waals surface area contributed by atoms with Crippen LogP contribution in [0.4, 0.5) is 5.82 Å². The summed E-state index contributed by atoms with van der Waals surface area (Å²) < 4.78 is 4.03. The average molecular weight is 418 g/mol. The number of nitrogens with zero attached hydrogens (tertiary/aromatic N) is 4. The number of carbonyl (C=O) groups excluding carboxylic acids is 1. The number of hydrogen-bond acceptors (Lipinski definition) is 4. The lowest BCUT2D eigenvalue weighted by atomic mass is 10.2. The van der Waals surface area contributed by atoms with E-state index >= 15 is 0 Å². The van der Waals surface area contributed by atoms with Crippen LogP contribution in [0.2, 0.25) is 0 Å². The Morgan fingerprint density at radius 3 is 2.65 bits per heavy atom. The standard InChI is InChI=1S/C17H16BrN5O3/c1-11(23-10-13(8-19-23)17(25)26)16(24)20-15-6-7-22(21-15)9-12-2-4-14(18)5-3-12/h2-8,10-11H,9H2,1H3,(H,25,26)(H,20,21,24). The van der Waals surface area contributed by atoms with Crippen molar-refractivity contribution in [3.8, 4) is 0 Å². The highest BCUT2D eigenvalue weighted by atomic mass is 79.9. The minimum atomic E-state index is -1.09. The number of benzene rings is 1. The van der Waals surface area contributed by atoms with E-state index in [1.807, 2.05) is 24.3 Å². The number of halogens is 1. The van der Waals surface area contributed by atoms with Crippen LogP contribution < -0.4 is 5.32 Å². The summed E-state index contributed by atoms with van der Waals surface area (Å²) >= 11 is 3.39. The molecule has 0 saturated heterocycles. The molecule has 1 atom stereocenters. The molecule has 1 unspecified atom stereocenters. The molecular formula is C17H16BrN5O3. The monoisotopic (exact) mass is 417 g/mol. The van der Waals surface area contributed by atoms with Gasteiger partial charge in [-0.2, -0.15) is 10.2 Å². The van der Waals surface area contributed by atoms with Gasteiger partial charge in [-0.25, -0.2) is 4.79 Å². The lowest BCUT2D eigenvalue weighted by Crippen LogP contribution is -2.24. The quantitative estimate of drug-likeness (QED) is 0.641. The fraction of sp³-hybridized carbons (Fsp3) is 0.176. The summed E-state index contributed by atoms with van der Waals surface area (Å²) in [6.45, 7) is 2.21. The maximum Gasteiger partial charge on any atom is 0.338 e. The van der Waals surface area contributed by atoms with Crippen molar-refractivity contribution in [1.29, 1.82) is 0 Å². The Morgan fingerprint density at radius 1 is 1.27 bits per heavy atom. The second kappa shape index (κ2) is 7.52. The van der Waals surface area contributed by atoms with E-state index in [4.69, 9.17) is 5.11 Å². The third-order valence-corrected chi connectivity index (χ3v) is 4.30. The van der Waals surface area contributed by atoms with E-state index in [0.717, 1.165) is 10.0 Å². The fourth-order valence-corrected chi connectivity index (χ4v) is 2.57. The summed E-state index contributed by atoms with van der Waals surface area (Å²) in [5.41, 5.74) is 1.11. The molecule has 0 aliphatic carbocycles. The molecule has 1 aromatic carbocycles. The van der Waals surface area contributed by atoms with Crippen LogP contribution in [0, 0.1) is 0 Å². The number of aromatic carboxylic acids is 1. The van der Waals surface area contributed by atoms with Crippen LogP contribution in [-0.2, 0) is 11.3 Å². The lowest BCUT2D eigenvalue weighted by molar-refractivity contribution is -0.119. The first kappa shape index (κ1) is 17.9. The highest BCUT2D eigenvalue weighted by Gasteiger charge is 2.18. The summed E-state index contributed by atoms with van der Waals surface area (Å²) in [4.78, 5) is 23.2. The maximum atomic E-state index is 12.3. The van der Waals surface area contributed by atoms with E-state index in [1.165, 1.54) is 17.1 Å². The number of carboxylic acid groups (broad SMARTS) is 1. The molecule has 134 valence electrons. The minimum Gasteiger partial charge on any atom is -0.478 e. The molecule has 2 heterocycles. The zero-order chi connectivity index (χ0) is 18.7. The van der Waals surface area contributed by atoms with Gasteiger partial charge in [-0.05, 0) is 24.6 Å². The van der Waals surface area contributed by atoms with Gasteiger partial charge in [-0.1, -0.05) is 28.1 Å². The van der Waals surface area contributed by atoms with Crippen LogP contribution >= 0.6 is 15.9 Å². The molecule has 0 radical (unpaired) electrons. The highest BCUT2D eigenvalue weighted by molar-refractivity contribution is 9.10. The molecule has 0 saturated carbocycles. The second-order valence-electron chi connectivity index (χ2n) is 5.70. The molecule has 3 aromatic rings. The summed E-state index contributed by atoms with van der Waals surface area (Å²) in [5.74, 6) is -1.00. The predicted octanol–water partition coefficient (Wildman–Crippen LogP) is 2.79. The summed E-state index contributed by atoms with van der Waals surface area (Å²) in [7, 11) is 0. The molecule has 9 heteroatoms. The first-order valence-electron chi connectivity index (χ1n) is 7.78. The van der Waals surface area contributed by atoms with E-state index in [-0.39, 0.29) is 11.5 Å². The highest BCUT2D eigenvalue weighted by Crippen LogP contribution is 2.14. The number of hydrogen-bond donors (Lipinski definition) is 2. The largest absolute Gasteiger partial charge is 0.478 e. The molecule has 3 rings (SSSR count). The van der Waals surface area contributed by atoms with Crippen molar-refractivity contribution in [3.63, 3.8) is 0 Å². The zero-order valence-electron chi connectivity index (χ0n) is 13.8. The number of nitrogens with one attached hydrogen (secondary N) is 1. The SMILES string of the molecule is CC(C(=O)Nc1ccn(Cc2ccc(Br)cc2)n1)n1cc(C(=O)O)cn1. The first-order chi connectivity index (χ1) is 12.4. The molecule has 1 amide bonds. The maximum absolute atomic E-state index is 12.3. The Morgan fingerprint density at radius 2 is 2.00 bits per heavy atom. The van der Waals surface area contributed by atoms with Gasteiger partial charge in [0.15, 0.2) is 5.82 Å². The number of anilines is 1. The van der Waals surface area contributed by atoms with Gasteiger partial charge in [0.2, 0.25) is 5.91 Å². The van der Waals surface area contributed by atoms with Gasteiger partial charge in [0.05, 0.1) is 18.3 Å². The third-order valence-electron chi connectivity index (χ3n) is 3.77. The summed E-state index contributed by atoms with van der Waals surface area (Å²) in [6, 6.07) is 8.93.